The van der Waals surface area contributed by atoms with Gasteiger partial charge in [0.05, 0.1) is 6.10 Å². The highest BCUT2D eigenvalue weighted by atomic mass is 16.3. The second-order valence-corrected chi connectivity index (χ2v) is 3.00. The van der Waals surface area contributed by atoms with Crippen LogP contribution in [0.2, 0.25) is 0 Å². The summed E-state index contributed by atoms with van der Waals surface area (Å²) in [6.45, 7) is 1.77. The number of aromatic amines is 1. The van der Waals surface area contributed by atoms with Gasteiger partial charge < -0.3 is 10.1 Å². The summed E-state index contributed by atoms with van der Waals surface area (Å²) < 4.78 is 0. The first-order valence-electron chi connectivity index (χ1n) is 4.02. The highest BCUT2D eigenvalue weighted by Gasteiger charge is 2.01. The number of nitrogens with one attached hydrogen (secondary N) is 1. The zero-order valence-electron chi connectivity index (χ0n) is 6.91. The minimum Gasteiger partial charge on any atom is -0.389 e. The Kier molecular flexibility index (Phi) is 1.62. The molecule has 12 heavy (non-hydrogen) atoms. The Bertz CT molecular complexity index is 389. The van der Waals surface area contributed by atoms with Crippen LogP contribution in [0.25, 0.3) is 10.9 Å². The van der Waals surface area contributed by atoms with E-state index < -0.39 is 0 Å². The van der Waals surface area contributed by atoms with E-state index in [1.165, 1.54) is 0 Å². The molecule has 0 amide bonds. The fourth-order valence-corrected chi connectivity index (χ4v) is 1.33. The van der Waals surface area contributed by atoms with E-state index in [0.717, 1.165) is 16.5 Å². The summed E-state index contributed by atoms with van der Waals surface area (Å²) in [5, 5.41) is 10.5. The van der Waals surface area contributed by atoms with Crippen LogP contribution in [-0.2, 0) is 0 Å². The lowest BCUT2D eigenvalue weighted by Crippen LogP contribution is -1.89. The molecular weight excluding hydrogens is 150 g/mol. The van der Waals surface area contributed by atoms with E-state index in [1.54, 1.807) is 6.92 Å². The van der Waals surface area contributed by atoms with Crippen LogP contribution in [0, 0.1) is 0 Å². The number of rotatable bonds is 1. The molecule has 0 aliphatic heterocycles. The monoisotopic (exact) mass is 161 g/mol. The van der Waals surface area contributed by atoms with E-state index in [0.29, 0.717) is 0 Å². The molecule has 1 heterocycles. The van der Waals surface area contributed by atoms with Crippen molar-refractivity contribution in [3.05, 3.63) is 36.0 Å². The number of aliphatic hydroxyl groups is 1. The van der Waals surface area contributed by atoms with Crippen LogP contribution in [0.3, 0.4) is 0 Å². The van der Waals surface area contributed by atoms with Crippen LogP contribution in [0.1, 0.15) is 18.6 Å². The van der Waals surface area contributed by atoms with Crippen molar-refractivity contribution >= 4 is 10.9 Å². The molecule has 0 fully saturated rings. The van der Waals surface area contributed by atoms with Gasteiger partial charge in [0.15, 0.2) is 0 Å². The Morgan fingerprint density at radius 1 is 1.33 bits per heavy atom. The van der Waals surface area contributed by atoms with Crippen LogP contribution in [-0.4, -0.2) is 10.1 Å². The number of benzene rings is 1. The van der Waals surface area contributed by atoms with Crippen LogP contribution in [0.4, 0.5) is 0 Å². The maximum atomic E-state index is 9.31. The van der Waals surface area contributed by atoms with Gasteiger partial charge in [0.25, 0.3) is 0 Å². The van der Waals surface area contributed by atoms with Crippen molar-refractivity contribution in [3.8, 4) is 0 Å². The first-order chi connectivity index (χ1) is 5.77. The Morgan fingerprint density at radius 2 is 2.17 bits per heavy atom. The van der Waals surface area contributed by atoms with Crippen LogP contribution >= 0.6 is 0 Å². The summed E-state index contributed by atoms with van der Waals surface area (Å²) in [7, 11) is 0. The molecule has 1 aromatic carbocycles. The largest absolute Gasteiger partial charge is 0.389 e. The normalized spacial score (nSPS) is 13.5. The topological polar surface area (TPSA) is 36.0 Å². The van der Waals surface area contributed by atoms with Crippen LogP contribution in [0.15, 0.2) is 30.5 Å². The Balaban J connectivity index is 2.60. The Labute approximate surface area is 70.8 Å². The van der Waals surface area contributed by atoms with Crippen molar-refractivity contribution in [1.29, 1.82) is 0 Å². The van der Waals surface area contributed by atoms with Gasteiger partial charge in [-0.25, -0.2) is 0 Å². The number of hydrogen-bond acceptors (Lipinski definition) is 1. The van der Waals surface area contributed by atoms with E-state index in [4.69, 9.17) is 0 Å². The van der Waals surface area contributed by atoms with Gasteiger partial charge in [0.2, 0.25) is 0 Å². The number of H-pyrrole nitrogens is 1. The lowest BCUT2D eigenvalue weighted by Gasteiger charge is -2.03. The highest BCUT2D eigenvalue weighted by Crippen LogP contribution is 2.18. The smallest absolute Gasteiger partial charge is 0.0762 e. The maximum Gasteiger partial charge on any atom is 0.0762 e. The molecule has 1 unspecified atom stereocenters. The molecule has 2 nitrogen and oxygen atoms in total. The van der Waals surface area contributed by atoms with Gasteiger partial charge in [-0.2, -0.15) is 0 Å². The van der Waals surface area contributed by atoms with Gasteiger partial charge in [0.1, 0.15) is 0 Å². The molecule has 0 saturated heterocycles. The second-order valence-electron chi connectivity index (χ2n) is 3.00. The summed E-state index contributed by atoms with van der Waals surface area (Å²) in [6, 6.07) is 7.92. The van der Waals surface area contributed by atoms with E-state index in [-0.39, 0.29) is 6.10 Å². The third kappa shape index (κ3) is 1.10. The molecule has 2 N–H and O–H groups in total. The van der Waals surface area contributed by atoms with Gasteiger partial charge in [-0.15, -0.1) is 0 Å². The third-order valence-corrected chi connectivity index (χ3v) is 2.06. The lowest BCUT2D eigenvalue weighted by atomic mass is 10.1. The van der Waals surface area contributed by atoms with Crippen molar-refractivity contribution in [3.63, 3.8) is 0 Å². The van der Waals surface area contributed by atoms with Crippen molar-refractivity contribution in [1.82, 2.24) is 4.98 Å². The summed E-state index contributed by atoms with van der Waals surface area (Å²) in [4.78, 5) is 3.10. The lowest BCUT2D eigenvalue weighted by molar-refractivity contribution is 0.199. The predicted octanol–water partition coefficient (Wildman–Crippen LogP) is 2.22. The molecule has 2 aromatic rings. The zero-order chi connectivity index (χ0) is 8.55. The van der Waals surface area contributed by atoms with Gasteiger partial charge in [-0.3, -0.25) is 0 Å². The van der Waals surface area contributed by atoms with Crippen molar-refractivity contribution in [2.24, 2.45) is 0 Å². The van der Waals surface area contributed by atoms with Crippen LogP contribution in [0.5, 0.6) is 0 Å². The van der Waals surface area contributed by atoms with Gasteiger partial charge in [0, 0.05) is 11.7 Å². The van der Waals surface area contributed by atoms with Gasteiger partial charge in [-0.05, 0) is 36.1 Å². The Morgan fingerprint density at radius 3 is 2.92 bits per heavy atom. The quantitative estimate of drug-likeness (QED) is 0.661. The molecule has 1 aromatic heterocycles. The van der Waals surface area contributed by atoms with E-state index in [2.05, 4.69) is 4.98 Å². The molecule has 0 radical (unpaired) electrons. The van der Waals surface area contributed by atoms with E-state index in [1.807, 2.05) is 30.5 Å². The minimum absolute atomic E-state index is 0.385. The van der Waals surface area contributed by atoms with Crippen molar-refractivity contribution in [2.45, 2.75) is 13.0 Å². The summed E-state index contributed by atoms with van der Waals surface area (Å²) in [5.74, 6) is 0. The van der Waals surface area contributed by atoms with E-state index in [9.17, 15) is 5.11 Å². The first-order valence-corrected chi connectivity index (χ1v) is 4.02. The van der Waals surface area contributed by atoms with E-state index >= 15 is 0 Å². The first kappa shape index (κ1) is 7.37. The summed E-state index contributed by atoms with van der Waals surface area (Å²) in [5.41, 5.74) is 2.07. The number of fused-ring (bicyclic) bond motifs is 1. The average Bonchev–Trinajstić information content (AvgIpc) is 2.49. The molecule has 62 valence electrons. The third-order valence-electron chi connectivity index (χ3n) is 2.06. The summed E-state index contributed by atoms with van der Waals surface area (Å²) in [6.07, 6.45) is 1.51. The molecule has 1 atom stereocenters. The number of hydrogen-bond donors (Lipinski definition) is 2. The number of aromatic nitrogens is 1. The van der Waals surface area contributed by atoms with Gasteiger partial charge >= 0.3 is 0 Å². The molecule has 0 aliphatic carbocycles. The molecule has 0 spiro atoms. The predicted molar refractivity (Wildman–Crippen MR) is 48.9 cm³/mol. The molecule has 0 bridgehead atoms. The average molecular weight is 161 g/mol. The standard InChI is InChI=1S/C10H11NO/c1-7(12)8-2-3-10-9(6-8)4-5-11-10/h2-7,11-12H,1H3. The molecule has 0 saturated carbocycles. The minimum atomic E-state index is -0.385. The van der Waals surface area contributed by atoms with Crippen molar-refractivity contribution < 1.29 is 5.11 Å². The fourth-order valence-electron chi connectivity index (χ4n) is 1.33. The fraction of sp³-hybridized carbons (Fsp3) is 0.200. The molecule has 2 heteroatoms. The summed E-state index contributed by atoms with van der Waals surface area (Å²) >= 11 is 0. The molecular formula is C10H11NO. The Hall–Kier alpha value is -1.28. The molecule has 2 rings (SSSR count). The molecule has 0 aliphatic rings. The second kappa shape index (κ2) is 2.64. The van der Waals surface area contributed by atoms with Crippen molar-refractivity contribution in [2.75, 3.05) is 0 Å². The number of aliphatic hydroxyl groups excluding tert-OH is 1. The van der Waals surface area contributed by atoms with Crippen LogP contribution < -0.4 is 0 Å². The zero-order valence-corrected chi connectivity index (χ0v) is 6.91. The maximum absolute atomic E-state index is 9.31. The highest BCUT2D eigenvalue weighted by molar-refractivity contribution is 5.79. The van der Waals surface area contributed by atoms with Gasteiger partial charge in [-0.1, -0.05) is 6.07 Å². The SMILES string of the molecule is CC(O)c1ccc2[nH]ccc2c1.